The van der Waals surface area contributed by atoms with Crippen molar-refractivity contribution in [2.24, 2.45) is 0 Å². The average Bonchev–Trinajstić information content (AvgIpc) is 3.16. The fourth-order valence-electron chi connectivity index (χ4n) is 4.73. The lowest BCUT2D eigenvalue weighted by atomic mass is 9.98. The van der Waals surface area contributed by atoms with Crippen LogP contribution in [0.1, 0.15) is 36.3 Å². The van der Waals surface area contributed by atoms with Crippen LogP contribution in [0.5, 0.6) is 0 Å². The van der Waals surface area contributed by atoms with Gasteiger partial charge in [0.1, 0.15) is 12.6 Å². The van der Waals surface area contributed by atoms with Crippen molar-refractivity contribution < 1.29 is 29.0 Å². The van der Waals surface area contributed by atoms with E-state index in [9.17, 15) is 19.5 Å². The van der Waals surface area contributed by atoms with Crippen molar-refractivity contribution in [1.29, 1.82) is 0 Å². The Bertz CT molecular complexity index is 994. The zero-order valence-electron chi connectivity index (χ0n) is 18.5. The number of carbonyl (C=O) groups is 3. The molecule has 2 N–H and O–H groups in total. The van der Waals surface area contributed by atoms with E-state index in [0.29, 0.717) is 13.0 Å². The quantitative estimate of drug-likeness (QED) is 0.669. The molecule has 2 aromatic carbocycles. The Morgan fingerprint density at radius 1 is 1.06 bits per heavy atom. The zero-order chi connectivity index (χ0) is 23.4. The SMILES string of the molecule is COC(CNC(=O)OCC1c2ccccc2-c2ccccc21)C(=O)N1CCCC[C@@H]1C(=O)O. The first-order chi connectivity index (χ1) is 16.0. The number of alkyl carbamates (subject to hydrolysis) is 1. The number of benzene rings is 2. The first-order valence-electron chi connectivity index (χ1n) is 11.2. The molecule has 2 amide bonds. The van der Waals surface area contributed by atoms with Gasteiger partial charge in [0, 0.05) is 19.6 Å². The summed E-state index contributed by atoms with van der Waals surface area (Å²) in [5, 5.41) is 12.0. The molecule has 8 nitrogen and oxygen atoms in total. The van der Waals surface area contributed by atoms with Crippen LogP contribution in [0.3, 0.4) is 0 Å². The number of hydrogen-bond acceptors (Lipinski definition) is 5. The number of amides is 2. The second-order valence-corrected chi connectivity index (χ2v) is 8.31. The number of methoxy groups -OCH3 is 1. The Kier molecular flexibility index (Phi) is 6.93. The standard InChI is InChI=1S/C25H28N2O6/c1-32-22(23(28)27-13-7-6-12-21(27)24(29)30)14-26-25(31)33-15-20-18-10-4-2-8-16(18)17-9-3-5-11-19(17)20/h2-5,8-11,20-22H,6-7,12-15H2,1H3,(H,26,31)(H,29,30)/t21-,22?/m1/s1. The number of nitrogens with one attached hydrogen (secondary N) is 1. The van der Waals surface area contributed by atoms with Gasteiger partial charge in [-0.1, -0.05) is 48.5 Å². The van der Waals surface area contributed by atoms with Crippen molar-refractivity contribution in [3.63, 3.8) is 0 Å². The van der Waals surface area contributed by atoms with Crippen molar-refractivity contribution in [2.75, 3.05) is 26.8 Å². The van der Waals surface area contributed by atoms with Gasteiger partial charge >= 0.3 is 12.1 Å². The van der Waals surface area contributed by atoms with E-state index in [1.54, 1.807) is 0 Å². The maximum Gasteiger partial charge on any atom is 0.407 e. The first kappa shape index (κ1) is 22.8. The predicted molar refractivity (Wildman–Crippen MR) is 121 cm³/mol. The average molecular weight is 453 g/mol. The number of aliphatic carboxylic acids is 1. The molecule has 174 valence electrons. The molecule has 0 saturated carbocycles. The van der Waals surface area contributed by atoms with Crippen LogP contribution >= 0.6 is 0 Å². The van der Waals surface area contributed by atoms with Gasteiger partial charge in [-0.25, -0.2) is 9.59 Å². The van der Waals surface area contributed by atoms with Crippen molar-refractivity contribution in [3.8, 4) is 11.1 Å². The van der Waals surface area contributed by atoms with Gasteiger partial charge in [-0.15, -0.1) is 0 Å². The van der Waals surface area contributed by atoms with Gasteiger partial charge in [-0.2, -0.15) is 0 Å². The van der Waals surface area contributed by atoms with E-state index in [2.05, 4.69) is 17.4 Å². The number of piperidine rings is 1. The molecule has 1 fully saturated rings. The molecule has 2 aromatic rings. The predicted octanol–water partition coefficient (Wildman–Crippen LogP) is 3.01. The molecule has 2 atom stereocenters. The molecule has 8 heteroatoms. The Balaban J connectivity index is 1.35. The van der Waals surface area contributed by atoms with E-state index in [-0.39, 0.29) is 19.1 Å². The van der Waals surface area contributed by atoms with Gasteiger partial charge in [0.15, 0.2) is 6.10 Å². The molecule has 1 saturated heterocycles. The number of hydrogen-bond donors (Lipinski definition) is 2. The van der Waals surface area contributed by atoms with Gasteiger partial charge in [-0.3, -0.25) is 4.79 Å². The summed E-state index contributed by atoms with van der Waals surface area (Å²) in [5.41, 5.74) is 4.51. The molecular formula is C25H28N2O6. The van der Waals surface area contributed by atoms with Gasteiger partial charge in [-0.05, 0) is 41.5 Å². The van der Waals surface area contributed by atoms with E-state index in [0.717, 1.165) is 35.1 Å². The number of carbonyl (C=O) groups excluding carboxylic acids is 2. The Morgan fingerprint density at radius 2 is 1.70 bits per heavy atom. The Hall–Kier alpha value is -3.39. The van der Waals surface area contributed by atoms with Crippen LogP contribution < -0.4 is 5.32 Å². The molecule has 2 aliphatic rings. The number of rotatable bonds is 7. The number of fused-ring (bicyclic) bond motifs is 3. The molecule has 0 radical (unpaired) electrons. The van der Waals surface area contributed by atoms with Crippen LogP contribution in [0.2, 0.25) is 0 Å². The van der Waals surface area contributed by atoms with Crippen molar-refractivity contribution in [2.45, 2.75) is 37.3 Å². The zero-order valence-corrected chi connectivity index (χ0v) is 18.5. The fraction of sp³-hybridized carbons (Fsp3) is 0.400. The number of carboxylic acid groups (broad SMARTS) is 1. The molecule has 0 aromatic heterocycles. The largest absolute Gasteiger partial charge is 0.480 e. The van der Waals surface area contributed by atoms with E-state index in [4.69, 9.17) is 9.47 Å². The fourth-order valence-corrected chi connectivity index (χ4v) is 4.73. The highest BCUT2D eigenvalue weighted by Crippen LogP contribution is 2.44. The van der Waals surface area contributed by atoms with Gasteiger partial charge in [0.25, 0.3) is 5.91 Å². The van der Waals surface area contributed by atoms with E-state index in [1.165, 1.54) is 12.0 Å². The van der Waals surface area contributed by atoms with Crippen LogP contribution in [-0.2, 0) is 19.1 Å². The summed E-state index contributed by atoms with van der Waals surface area (Å²) in [7, 11) is 1.36. The molecule has 0 bridgehead atoms. The van der Waals surface area contributed by atoms with E-state index in [1.807, 2.05) is 36.4 Å². The summed E-state index contributed by atoms with van der Waals surface area (Å²) in [6.45, 7) is 0.425. The van der Waals surface area contributed by atoms with Gasteiger partial charge < -0.3 is 24.8 Å². The molecule has 33 heavy (non-hydrogen) atoms. The molecule has 0 spiro atoms. The van der Waals surface area contributed by atoms with Gasteiger partial charge in [0.05, 0.1) is 6.54 Å². The highest BCUT2D eigenvalue weighted by Gasteiger charge is 2.36. The van der Waals surface area contributed by atoms with Crippen molar-refractivity contribution in [1.82, 2.24) is 10.2 Å². The molecule has 1 aliphatic heterocycles. The smallest absolute Gasteiger partial charge is 0.407 e. The molecular weight excluding hydrogens is 424 g/mol. The Morgan fingerprint density at radius 3 is 2.30 bits per heavy atom. The third-order valence-corrected chi connectivity index (χ3v) is 6.41. The highest BCUT2D eigenvalue weighted by atomic mass is 16.5. The first-order valence-corrected chi connectivity index (χ1v) is 11.2. The Labute approximate surface area is 192 Å². The minimum Gasteiger partial charge on any atom is -0.480 e. The van der Waals surface area contributed by atoms with Crippen LogP contribution in [0, 0.1) is 0 Å². The molecule has 1 heterocycles. The van der Waals surface area contributed by atoms with Gasteiger partial charge in [0.2, 0.25) is 0 Å². The van der Waals surface area contributed by atoms with Crippen LogP contribution in [0.15, 0.2) is 48.5 Å². The normalized spacial score (nSPS) is 18.2. The maximum absolute atomic E-state index is 12.8. The topological polar surface area (TPSA) is 105 Å². The summed E-state index contributed by atoms with van der Waals surface area (Å²) in [6.07, 6.45) is 0.282. The molecule has 4 rings (SSSR count). The van der Waals surface area contributed by atoms with E-state index < -0.39 is 30.1 Å². The lowest BCUT2D eigenvalue weighted by Crippen LogP contribution is -2.54. The highest BCUT2D eigenvalue weighted by molar-refractivity contribution is 5.87. The summed E-state index contributed by atoms with van der Waals surface area (Å²) in [6, 6.07) is 15.3. The number of ether oxygens (including phenoxy) is 2. The second-order valence-electron chi connectivity index (χ2n) is 8.31. The minimum atomic E-state index is -1.03. The summed E-state index contributed by atoms with van der Waals surface area (Å²) in [5.74, 6) is -1.53. The number of nitrogens with zero attached hydrogens (tertiary/aromatic N) is 1. The minimum absolute atomic E-state index is 0.0623. The lowest BCUT2D eigenvalue weighted by Gasteiger charge is -2.35. The van der Waals surface area contributed by atoms with Crippen molar-refractivity contribution in [3.05, 3.63) is 59.7 Å². The van der Waals surface area contributed by atoms with Crippen LogP contribution in [0.4, 0.5) is 4.79 Å². The molecule has 1 unspecified atom stereocenters. The third kappa shape index (κ3) is 4.71. The van der Waals surface area contributed by atoms with Crippen LogP contribution in [0.25, 0.3) is 11.1 Å². The summed E-state index contributed by atoms with van der Waals surface area (Å²) >= 11 is 0. The summed E-state index contributed by atoms with van der Waals surface area (Å²) < 4.78 is 10.8. The molecule has 1 aliphatic carbocycles. The van der Waals surface area contributed by atoms with Crippen LogP contribution in [-0.4, -0.2) is 66.9 Å². The second kappa shape index (κ2) is 10.0. The monoisotopic (exact) mass is 452 g/mol. The number of carboxylic acids is 1. The lowest BCUT2D eigenvalue weighted by molar-refractivity contribution is -0.157. The van der Waals surface area contributed by atoms with Crippen molar-refractivity contribution >= 4 is 18.0 Å². The maximum atomic E-state index is 12.8. The third-order valence-electron chi connectivity index (χ3n) is 6.41. The summed E-state index contributed by atoms with van der Waals surface area (Å²) in [4.78, 5) is 38.1. The van der Waals surface area contributed by atoms with E-state index >= 15 is 0 Å². The number of likely N-dealkylation sites (tertiary alicyclic amines) is 1.